The van der Waals surface area contributed by atoms with Gasteiger partial charge < -0.3 is 77.3 Å². The van der Waals surface area contributed by atoms with E-state index in [2.05, 4.69) is 68.2 Å². The van der Waals surface area contributed by atoms with Crippen molar-refractivity contribution in [3.63, 3.8) is 0 Å². The van der Waals surface area contributed by atoms with Crippen LogP contribution in [0.15, 0.2) is 35.1 Å². The highest BCUT2D eigenvalue weighted by Gasteiger charge is 2.51. The molecule has 2 aliphatic carbocycles. The lowest BCUT2D eigenvalue weighted by Gasteiger charge is -2.46. The SMILES string of the molecule is CCC[C@H]1CO[C@@H](O[C@H]2[C@H](O[C@H]3C#C/C=C\C#CC4CCC(NC(=O)OC)=C3/C4=C\CC(C)(C)C)O[C@@H](C)[C@@H](NO[C@H]3C[C@H](O)[C@H](SC(=O)c4c(C)c(I)c(O[C@@H]5O[C@@H](C)[C@H](O)[C@@H](OC)[C@H]5O)c(OC)c4OC)[C@@H](C)O3)[C@@H]2O)C[C@@H]1OC. The van der Waals surface area contributed by atoms with Crippen molar-refractivity contribution < 1.29 is 91.7 Å². The number of rotatable bonds is 19. The molecule has 6 aliphatic rings. The number of alkyl carbamates (subject to hydrolysis) is 1. The molecule has 23 heteroatoms. The number of ether oxygens (including phenoxy) is 12. The van der Waals surface area contributed by atoms with Crippen molar-refractivity contribution in [1.82, 2.24) is 10.8 Å². The van der Waals surface area contributed by atoms with Crippen LogP contribution >= 0.6 is 34.4 Å². The third-order valence-electron chi connectivity index (χ3n) is 15.5. The van der Waals surface area contributed by atoms with Crippen LogP contribution in [-0.2, 0) is 47.5 Å². The van der Waals surface area contributed by atoms with Gasteiger partial charge in [-0.1, -0.05) is 75.6 Å². The first-order valence-electron chi connectivity index (χ1n) is 27.9. The van der Waals surface area contributed by atoms with Crippen LogP contribution < -0.4 is 25.0 Å². The summed E-state index contributed by atoms with van der Waals surface area (Å²) in [5, 5.41) is 47.6. The fourth-order valence-corrected chi connectivity index (χ4v) is 12.8. The maximum Gasteiger partial charge on any atom is 0.411 e. The molecule has 456 valence electrons. The molecule has 7 rings (SSSR count). The molecule has 1 amide bonds. The number of benzene rings is 1. The Balaban J connectivity index is 1.10. The predicted octanol–water partition coefficient (Wildman–Crippen LogP) is 6.12. The summed E-state index contributed by atoms with van der Waals surface area (Å²) in [6, 6.07) is -0.973. The van der Waals surface area contributed by atoms with Crippen molar-refractivity contribution in [3.8, 4) is 40.9 Å². The summed E-state index contributed by atoms with van der Waals surface area (Å²) >= 11 is 2.88. The second-order valence-corrected chi connectivity index (χ2v) is 24.7. The van der Waals surface area contributed by atoms with Crippen LogP contribution in [0.5, 0.6) is 17.2 Å². The molecule has 21 nitrogen and oxygen atoms in total. The lowest BCUT2D eigenvalue weighted by molar-refractivity contribution is -0.337. The number of thioether (sulfide) groups is 1. The number of nitrogens with one attached hydrogen (secondary N) is 2. The maximum atomic E-state index is 14.4. The maximum absolute atomic E-state index is 14.4. The number of hydroxylamine groups is 1. The summed E-state index contributed by atoms with van der Waals surface area (Å²) in [7, 11) is 7.10. The van der Waals surface area contributed by atoms with Crippen LogP contribution in [0.4, 0.5) is 4.79 Å². The largest absolute Gasteiger partial charge is 0.492 e. The number of halogens is 1. The Morgan fingerprint density at radius 3 is 2.20 bits per heavy atom. The summed E-state index contributed by atoms with van der Waals surface area (Å²) in [5.41, 5.74) is 5.54. The molecule has 1 aromatic rings. The van der Waals surface area contributed by atoms with Crippen LogP contribution in [0, 0.1) is 51.4 Å². The normalized spacial score (nSPS) is 35.8. The average molecular weight is 1280 g/mol. The predicted molar refractivity (Wildman–Crippen MR) is 309 cm³/mol. The molecule has 0 radical (unpaired) electrons. The van der Waals surface area contributed by atoms with E-state index < -0.39 is 109 Å². The number of allylic oxidation sites excluding steroid dienone is 4. The molecule has 4 saturated heterocycles. The Hall–Kier alpha value is -3.58. The highest BCUT2D eigenvalue weighted by molar-refractivity contribution is 14.1. The Morgan fingerprint density at radius 2 is 1.55 bits per heavy atom. The fourth-order valence-electron chi connectivity index (χ4n) is 11.1. The van der Waals surface area contributed by atoms with E-state index >= 15 is 0 Å². The first kappa shape index (κ1) is 66.0. The van der Waals surface area contributed by atoms with Gasteiger partial charge in [0.05, 0.1) is 78.9 Å². The number of fused-ring (bicyclic) bond motifs is 2. The van der Waals surface area contributed by atoms with E-state index in [4.69, 9.17) is 61.7 Å². The van der Waals surface area contributed by atoms with E-state index in [1.54, 1.807) is 47.0 Å². The second kappa shape index (κ2) is 29.7. The number of amides is 1. The highest BCUT2D eigenvalue weighted by Crippen LogP contribution is 2.49. The molecule has 4 heterocycles. The molecule has 2 bridgehead atoms. The minimum Gasteiger partial charge on any atom is -0.492 e. The van der Waals surface area contributed by atoms with Crippen LogP contribution in [0.25, 0.3) is 0 Å². The number of aliphatic hydroxyl groups is 4. The van der Waals surface area contributed by atoms with E-state index in [0.717, 1.165) is 30.2 Å². The van der Waals surface area contributed by atoms with Crippen molar-refractivity contribution in [1.29, 1.82) is 0 Å². The molecule has 0 spiro atoms. The molecular weight excluding hydrogens is 1200 g/mol. The monoisotopic (exact) mass is 1280 g/mol. The van der Waals surface area contributed by atoms with E-state index in [1.165, 1.54) is 28.4 Å². The molecule has 4 fully saturated rings. The number of carbonyl (C=O) groups excluding carboxylic acids is 2. The van der Waals surface area contributed by atoms with Crippen molar-refractivity contribution in [2.45, 2.75) is 204 Å². The van der Waals surface area contributed by atoms with E-state index in [1.807, 2.05) is 22.6 Å². The lowest BCUT2D eigenvalue weighted by atomic mass is 9.77. The zero-order chi connectivity index (χ0) is 59.7. The van der Waals surface area contributed by atoms with Crippen molar-refractivity contribution in [2.24, 2.45) is 17.3 Å². The van der Waals surface area contributed by atoms with Crippen LogP contribution in [-0.4, -0.2) is 177 Å². The zero-order valence-corrected chi connectivity index (χ0v) is 52.0. The van der Waals surface area contributed by atoms with Gasteiger partial charge in [0.15, 0.2) is 30.4 Å². The van der Waals surface area contributed by atoms with Crippen LogP contribution in [0.2, 0.25) is 0 Å². The minimum atomic E-state index is -1.39. The Kier molecular flexibility index (Phi) is 23.9. The van der Waals surface area contributed by atoms with Gasteiger partial charge in [0.1, 0.15) is 36.6 Å². The number of aliphatic hydroxyl groups excluding tert-OH is 4. The summed E-state index contributed by atoms with van der Waals surface area (Å²) in [4.78, 5) is 33.5. The standard InChI is InChI=1S/C59H83IN2O19S/c1-14-19-34-28-74-40(27-39(34)69-9)79-52-47(65)45(30(3)76-57(52)78-38-21-18-16-15-17-20-33-22-23-36(61-58(68)73-13)43(38)35(33)24-25-59(6,7)8)62-81-41-26-37(63)54(32(5)75-41)82-55(67)42-29(2)44(60)50(53(72-12)49(42)70-10)80-56-48(66)51(71-11)46(64)31(4)77-56/h15-16,24,30-34,37-41,45-48,51-52,54,56-57,62-66H,14,19,22-23,25-28H2,1-13H3,(H,61,68)/b16-15-,35-24-/t30-,31-,32+,33?,34-,37-,38-,39-,40-,41-,45+,46-,47-,48+,51+,52+,54+,56-,57-/m0/s1. The van der Waals surface area contributed by atoms with Gasteiger partial charge in [-0.25, -0.2) is 4.79 Å². The van der Waals surface area contributed by atoms with Gasteiger partial charge in [-0.2, -0.15) is 5.48 Å². The molecule has 4 aliphatic heterocycles. The van der Waals surface area contributed by atoms with Crippen molar-refractivity contribution >= 4 is 45.6 Å². The quantitative estimate of drug-likeness (QED) is 0.0518. The summed E-state index contributed by atoms with van der Waals surface area (Å²) in [6.45, 7) is 15.7. The highest BCUT2D eigenvalue weighted by atomic mass is 127. The number of hydrogen-bond acceptors (Lipinski definition) is 21. The summed E-state index contributed by atoms with van der Waals surface area (Å²) < 4.78 is 73.5. The third-order valence-corrected chi connectivity index (χ3v) is 18.2. The minimum absolute atomic E-state index is 0.0543. The van der Waals surface area contributed by atoms with Crippen molar-refractivity contribution in [3.05, 3.63) is 49.8 Å². The van der Waals surface area contributed by atoms with Gasteiger partial charge in [-0.15, -0.1) is 0 Å². The van der Waals surface area contributed by atoms with E-state index in [0.29, 0.717) is 52.7 Å². The number of hydrogen-bond donors (Lipinski definition) is 6. The molecule has 19 atom stereocenters. The molecule has 1 unspecified atom stereocenters. The van der Waals surface area contributed by atoms with E-state index in [-0.39, 0.29) is 52.6 Å². The molecule has 0 aromatic heterocycles. The third kappa shape index (κ3) is 15.5. The van der Waals surface area contributed by atoms with Gasteiger partial charge >= 0.3 is 6.09 Å². The number of carbonyl (C=O) groups is 2. The topological polar surface area (TPSA) is 259 Å². The lowest BCUT2D eigenvalue weighted by Crippen LogP contribution is -2.65. The molecule has 1 aromatic carbocycles. The Bertz CT molecular complexity index is 2600. The summed E-state index contributed by atoms with van der Waals surface area (Å²) in [6.07, 6.45) is -6.54. The summed E-state index contributed by atoms with van der Waals surface area (Å²) in [5.74, 6) is 13.0. The van der Waals surface area contributed by atoms with Crippen LogP contribution in [0.1, 0.15) is 109 Å². The molecule has 0 saturated carbocycles. The molecular formula is C59H83IN2O19S. The Labute approximate surface area is 499 Å². The van der Waals surface area contributed by atoms with E-state index in [9.17, 15) is 30.0 Å². The smallest absolute Gasteiger partial charge is 0.411 e. The zero-order valence-electron chi connectivity index (χ0n) is 49.1. The number of methoxy groups -OCH3 is 5. The van der Waals surface area contributed by atoms with Gasteiger partial charge in [-0.05, 0) is 105 Å². The van der Waals surface area contributed by atoms with Gasteiger partial charge in [0.2, 0.25) is 17.2 Å². The van der Waals surface area contributed by atoms with Gasteiger partial charge in [0, 0.05) is 50.2 Å². The van der Waals surface area contributed by atoms with Gasteiger partial charge in [0.25, 0.3) is 0 Å². The first-order chi connectivity index (χ1) is 39.1. The van der Waals surface area contributed by atoms with Gasteiger partial charge in [-0.3, -0.25) is 14.9 Å². The second-order valence-electron chi connectivity index (χ2n) is 22.5. The Morgan fingerprint density at radius 1 is 0.841 bits per heavy atom. The fraction of sp³-hybridized carbons (Fsp3) is 0.695. The first-order valence-corrected chi connectivity index (χ1v) is 29.9. The van der Waals surface area contributed by atoms with Crippen LogP contribution in [0.3, 0.4) is 0 Å². The average Bonchev–Trinajstić information content (AvgIpc) is 3.12. The van der Waals surface area contributed by atoms with Crippen molar-refractivity contribution in [2.75, 3.05) is 42.2 Å². The molecule has 6 N–H and O–H groups in total. The molecule has 82 heavy (non-hydrogen) atoms.